The fourth-order valence-corrected chi connectivity index (χ4v) is 6.44. The highest BCUT2D eigenvalue weighted by molar-refractivity contribution is 7.89. The number of methoxy groups -OCH3 is 2. The summed E-state index contributed by atoms with van der Waals surface area (Å²) in [5.74, 6) is 2.01. The zero-order valence-electron chi connectivity index (χ0n) is 19.6. The first-order valence-corrected chi connectivity index (χ1v) is 12.8. The number of sulfonamides is 1. The molecular formula is C26H33NO4S. The number of ether oxygens (including phenoxy) is 2. The largest absolute Gasteiger partial charge is 0.497 e. The van der Waals surface area contributed by atoms with Crippen molar-refractivity contribution in [3.63, 3.8) is 0 Å². The number of nitrogens with one attached hydrogen (secondary N) is 1. The molecule has 0 aromatic heterocycles. The Kier molecular flexibility index (Phi) is 6.12. The first-order valence-electron chi connectivity index (χ1n) is 11.3. The molecule has 2 aromatic carbocycles. The zero-order valence-corrected chi connectivity index (χ0v) is 20.4. The van der Waals surface area contributed by atoms with Crippen LogP contribution in [0.1, 0.15) is 56.2 Å². The Morgan fingerprint density at radius 2 is 1.69 bits per heavy atom. The van der Waals surface area contributed by atoms with E-state index in [1.54, 1.807) is 26.4 Å². The van der Waals surface area contributed by atoms with Crippen molar-refractivity contribution in [2.45, 2.75) is 62.8 Å². The van der Waals surface area contributed by atoms with Crippen LogP contribution in [0.3, 0.4) is 0 Å². The highest BCUT2D eigenvalue weighted by Crippen LogP contribution is 2.54. The number of benzene rings is 2. The molecule has 2 aliphatic rings. The molecule has 1 saturated carbocycles. The lowest BCUT2D eigenvalue weighted by Crippen LogP contribution is -2.41. The Morgan fingerprint density at radius 1 is 1.03 bits per heavy atom. The lowest BCUT2D eigenvalue weighted by atomic mass is 9.69. The summed E-state index contributed by atoms with van der Waals surface area (Å²) < 4.78 is 40.0. The third kappa shape index (κ3) is 4.06. The third-order valence-corrected chi connectivity index (χ3v) is 8.48. The zero-order chi connectivity index (χ0) is 23.1. The summed E-state index contributed by atoms with van der Waals surface area (Å²) in [7, 11) is -0.143. The standard InChI is InChI=1S/C26H33NO4S/c1-17(2)22-16-26(23-14-20(30-4)15-24(31-5)25(22)23)12-10-19(11-13-26)27-32(28,29)21-8-6-18(3)7-9-21/h6-9,14-17,19,27H,10-13H2,1-5H3. The Hall–Kier alpha value is -2.31. The van der Waals surface area contributed by atoms with Gasteiger partial charge in [0.25, 0.3) is 0 Å². The maximum Gasteiger partial charge on any atom is 0.240 e. The van der Waals surface area contributed by atoms with Crippen LogP contribution >= 0.6 is 0 Å². The van der Waals surface area contributed by atoms with Gasteiger partial charge < -0.3 is 9.47 Å². The van der Waals surface area contributed by atoms with E-state index in [1.807, 2.05) is 25.1 Å². The monoisotopic (exact) mass is 455 g/mol. The molecule has 5 nitrogen and oxygen atoms in total. The van der Waals surface area contributed by atoms with Gasteiger partial charge in [-0.05, 0) is 67.9 Å². The molecule has 0 amide bonds. The van der Waals surface area contributed by atoms with Gasteiger partial charge in [0.05, 0.1) is 19.1 Å². The maximum absolute atomic E-state index is 12.9. The Morgan fingerprint density at radius 3 is 2.25 bits per heavy atom. The van der Waals surface area contributed by atoms with E-state index in [0.717, 1.165) is 42.7 Å². The minimum atomic E-state index is -3.52. The second-order valence-electron chi connectivity index (χ2n) is 9.37. The Bertz CT molecular complexity index is 1130. The summed E-state index contributed by atoms with van der Waals surface area (Å²) in [5, 5.41) is 0. The molecule has 0 heterocycles. The van der Waals surface area contributed by atoms with Gasteiger partial charge in [-0.1, -0.05) is 37.6 Å². The smallest absolute Gasteiger partial charge is 0.240 e. The van der Waals surface area contributed by atoms with Gasteiger partial charge in [-0.25, -0.2) is 13.1 Å². The van der Waals surface area contributed by atoms with Crippen LogP contribution in [-0.2, 0) is 15.4 Å². The van der Waals surface area contributed by atoms with Gasteiger partial charge >= 0.3 is 0 Å². The Balaban J connectivity index is 1.60. The number of hydrogen-bond donors (Lipinski definition) is 1. The van der Waals surface area contributed by atoms with Crippen LogP contribution in [0.4, 0.5) is 0 Å². The maximum atomic E-state index is 12.9. The molecule has 1 fully saturated rings. The van der Waals surface area contributed by atoms with Crippen LogP contribution in [0.2, 0.25) is 0 Å². The minimum absolute atomic E-state index is 0.0700. The predicted molar refractivity (Wildman–Crippen MR) is 128 cm³/mol. The lowest BCUT2D eigenvalue weighted by Gasteiger charge is -2.37. The molecule has 6 heteroatoms. The molecule has 0 radical (unpaired) electrons. The van der Waals surface area contributed by atoms with Gasteiger partial charge in [-0.2, -0.15) is 0 Å². The van der Waals surface area contributed by atoms with Crippen molar-refractivity contribution in [1.82, 2.24) is 4.72 Å². The summed E-state index contributed by atoms with van der Waals surface area (Å²) in [5.41, 5.74) is 4.67. The molecule has 0 saturated heterocycles. The number of allylic oxidation sites excluding steroid dienone is 2. The summed E-state index contributed by atoms with van der Waals surface area (Å²) in [6.45, 7) is 6.37. The highest BCUT2D eigenvalue weighted by atomic mass is 32.2. The van der Waals surface area contributed by atoms with Crippen LogP contribution < -0.4 is 14.2 Å². The summed E-state index contributed by atoms with van der Waals surface area (Å²) in [4.78, 5) is 0.325. The van der Waals surface area contributed by atoms with E-state index in [9.17, 15) is 8.42 Å². The minimum Gasteiger partial charge on any atom is -0.497 e. The predicted octanol–water partition coefficient (Wildman–Crippen LogP) is 5.22. The van der Waals surface area contributed by atoms with E-state index in [-0.39, 0.29) is 11.5 Å². The number of fused-ring (bicyclic) bond motifs is 2. The van der Waals surface area contributed by atoms with E-state index in [4.69, 9.17) is 9.47 Å². The van der Waals surface area contributed by atoms with Gasteiger partial charge in [0.1, 0.15) is 11.5 Å². The molecule has 4 rings (SSSR count). The van der Waals surface area contributed by atoms with Gasteiger partial charge in [0.2, 0.25) is 10.0 Å². The highest BCUT2D eigenvalue weighted by Gasteiger charge is 2.43. The molecule has 1 N–H and O–H groups in total. The molecule has 0 aliphatic heterocycles. The van der Waals surface area contributed by atoms with E-state index in [1.165, 1.54) is 16.7 Å². The van der Waals surface area contributed by atoms with Gasteiger partial charge in [-0.3, -0.25) is 0 Å². The second kappa shape index (κ2) is 8.56. The van der Waals surface area contributed by atoms with Crippen molar-refractivity contribution in [2.75, 3.05) is 14.2 Å². The van der Waals surface area contributed by atoms with Crippen LogP contribution in [-0.4, -0.2) is 28.7 Å². The first kappa shape index (κ1) is 22.9. The van der Waals surface area contributed by atoms with Crippen LogP contribution in [0.15, 0.2) is 47.4 Å². The van der Waals surface area contributed by atoms with E-state index in [2.05, 4.69) is 30.7 Å². The molecular weight excluding hydrogens is 422 g/mol. The number of rotatable bonds is 6. The van der Waals surface area contributed by atoms with Crippen molar-refractivity contribution < 1.29 is 17.9 Å². The molecule has 0 unspecified atom stereocenters. The van der Waals surface area contributed by atoms with Crippen LogP contribution in [0, 0.1) is 12.8 Å². The molecule has 2 aromatic rings. The van der Waals surface area contributed by atoms with E-state index < -0.39 is 10.0 Å². The fraction of sp³-hybridized carbons (Fsp3) is 0.462. The van der Waals surface area contributed by atoms with Crippen molar-refractivity contribution in [1.29, 1.82) is 0 Å². The normalized spacial score (nSPS) is 22.7. The molecule has 172 valence electrons. The fourth-order valence-electron chi connectivity index (χ4n) is 5.13. The summed E-state index contributed by atoms with van der Waals surface area (Å²) in [6, 6.07) is 11.0. The van der Waals surface area contributed by atoms with Crippen molar-refractivity contribution in [3.8, 4) is 11.5 Å². The second-order valence-corrected chi connectivity index (χ2v) is 11.1. The first-order chi connectivity index (χ1) is 15.2. The molecule has 0 atom stereocenters. The van der Waals surface area contributed by atoms with Crippen molar-refractivity contribution >= 4 is 15.6 Å². The van der Waals surface area contributed by atoms with Gasteiger partial charge in [0.15, 0.2) is 0 Å². The number of aryl methyl sites for hydroxylation is 1. The Labute approximate surface area is 191 Å². The summed E-state index contributed by atoms with van der Waals surface area (Å²) >= 11 is 0. The quantitative estimate of drug-likeness (QED) is 0.648. The van der Waals surface area contributed by atoms with Gasteiger partial charge in [0, 0.05) is 23.1 Å². The topological polar surface area (TPSA) is 64.6 Å². The molecule has 32 heavy (non-hydrogen) atoms. The lowest BCUT2D eigenvalue weighted by molar-refractivity contribution is 0.312. The third-order valence-electron chi connectivity index (χ3n) is 6.94. The average Bonchev–Trinajstić information content (AvgIpc) is 3.09. The van der Waals surface area contributed by atoms with E-state index in [0.29, 0.717) is 10.8 Å². The summed E-state index contributed by atoms with van der Waals surface area (Å²) in [6.07, 6.45) is 5.74. The van der Waals surface area contributed by atoms with Gasteiger partial charge in [-0.15, -0.1) is 0 Å². The molecule has 0 bridgehead atoms. The van der Waals surface area contributed by atoms with Crippen LogP contribution in [0.5, 0.6) is 11.5 Å². The van der Waals surface area contributed by atoms with Crippen molar-refractivity contribution in [2.24, 2.45) is 5.92 Å². The number of hydrogen-bond acceptors (Lipinski definition) is 4. The molecule has 1 spiro atoms. The van der Waals surface area contributed by atoms with Crippen molar-refractivity contribution in [3.05, 3.63) is 59.2 Å². The molecule has 2 aliphatic carbocycles. The van der Waals surface area contributed by atoms with E-state index >= 15 is 0 Å². The van der Waals surface area contributed by atoms with Crippen LogP contribution in [0.25, 0.3) is 5.57 Å². The SMILES string of the molecule is COc1cc(OC)c2c(c1)C1(C=C2C(C)C)CCC(NS(=O)(=O)c2ccc(C)cc2)CC1. The average molecular weight is 456 g/mol.